The Hall–Kier alpha value is -1.64. The van der Waals surface area contributed by atoms with Crippen molar-refractivity contribution in [1.82, 2.24) is 14.1 Å². The number of amides is 2. The number of nitrogens with zero attached hydrogens (tertiary/aromatic N) is 3. The van der Waals surface area contributed by atoms with Crippen molar-refractivity contribution in [2.24, 2.45) is 5.92 Å². The topological polar surface area (TPSA) is 73.0 Å². The molecule has 27 heavy (non-hydrogen) atoms. The molecular formula is C19H32N4O3S. The summed E-state index contributed by atoms with van der Waals surface area (Å²) in [6, 6.07) is 6.00. The second-order valence-corrected chi connectivity index (χ2v) is 9.72. The molecule has 0 aliphatic carbocycles. The Morgan fingerprint density at radius 1 is 1.26 bits per heavy atom. The van der Waals surface area contributed by atoms with E-state index in [0.717, 1.165) is 25.9 Å². The van der Waals surface area contributed by atoms with Gasteiger partial charge in [-0.05, 0) is 70.5 Å². The summed E-state index contributed by atoms with van der Waals surface area (Å²) in [5.74, 6) is 0.485. The highest BCUT2D eigenvalue weighted by Crippen LogP contribution is 2.20. The Morgan fingerprint density at radius 3 is 2.44 bits per heavy atom. The minimum Gasteiger partial charge on any atom is -0.327 e. The maximum atomic E-state index is 12.5. The average Bonchev–Trinajstić information content (AvgIpc) is 2.61. The molecule has 2 rings (SSSR count). The normalized spacial score (nSPS) is 18.7. The van der Waals surface area contributed by atoms with E-state index in [1.807, 2.05) is 13.8 Å². The monoisotopic (exact) mass is 396 g/mol. The Morgan fingerprint density at radius 2 is 1.89 bits per heavy atom. The van der Waals surface area contributed by atoms with Crippen LogP contribution in [0.3, 0.4) is 0 Å². The predicted octanol–water partition coefficient (Wildman–Crippen LogP) is 2.52. The molecule has 0 saturated carbocycles. The van der Waals surface area contributed by atoms with Gasteiger partial charge in [0.1, 0.15) is 0 Å². The quantitative estimate of drug-likeness (QED) is 0.802. The third-order valence-corrected chi connectivity index (χ3v) is 7.16. The molecule has 152 valence electrons. The zero-order valence-electron chi connectivity index (χ0n) is 17.0. The molecule has 0 radical (unpaired) electrons. The van der Waals surface area contributed by atoms with Crippen molar-refractivity contribution >= 4 is 21.7 Å². The lowest BCUT2D eigenvalue weighted by molar-refractivity contribution is 0.170. The van der Waals surface area contributed by atoms with Crippen molar-refractivity contribution in [3.8, 4) is 0 Å². The van der Waals surface area contributed by atoms with Gasteiger partial charge in [0.15, 0.2) is 0 Å². The van der Waals surface area contributed by atoms with Crippen molar-refractivity contribution in [3.05, 3.63) is 24.3 Å². The van der Waals surface area contributed by atoms with E-state index < -0.39 is 10.0 Å². The smallest absolute Gasteiger partial charge is 0.321 e. The summed E-state index contributed by atoms with van der Waals surface area (Å²) in [6.45, 7) is 6.49. The van der Waals surface area contributed by atoms with Crippen molar-refractivity contribution in [3.63, 3.8) is 0 Å². The van der Waals surface area contributed by atoms with Crippen LogP contribution in [-0.2, 0) is 10.0 Å². The summed E-state index contributed by atoms with van der Waals surface area (Å²) in [7, 11) is 1.95. The molecule has 1 aliphatic rings. The van der Waals surface area contributed by atoms with Crippen LogP contribution in [-0.4, -0.2) is 75.4 Å². The van der Waals surface area contributed by atoms with Crippen LogP contribution in [0.15, 0.2) is 29.2 Å². The molecule has 8 heteroatoms. The van der Waals surface area contributed by atoms with Gasteiger partial charge in [0.25, 0.3) is 0 Å². The fraction of sp³-hybridized carbons (Fsp3) is 0.632. The number of benzene rings is 1. The molecule has 1 unspecified atom stereocenters. The molecule has 1 aromatic rings. The third-order valence-electron chi connectivity index (χ3n) is 5.11. The van der Waals surface area contributed by atoms with Crippen LogP contribution in [0.25, 0.3) is 0 Å². The second-order valence-electron chi connectivity index (χ2n) is 7.72. The molecule has 0 aromatic heterocycles. The van der Waals surface area contributed by atoms with Gasteiger partial charge in [-0.15, -0.1) is 0 Å². The molecule has 1 saturated heterocycles. The SMILES string of the molecule is CC(C)N(C)S(=O)(=O)c1ccc(NC(=O)N(C)CC2CCCN(C)C2)cc1. The summed E-state index contributed by atoms with van der Waals surface area (Å²) in [5, 5.41) is 2.84. The summed E-state index contributed by atoms with van der Waals surface area (Å²) >= 11 is 0. The van der Waals surface area contributed by atoms with Gasteiger partial charge >= 0.3 is 6.03 Å². The van der Waals surface area contributed by atoms with Crippen molar-refractivity contribution in [2.45, 2.75) is 37.6 Å². The van der Waals surface area contributed by atoms with E-state index in [1.165, 1.54) is 16.4 Å². The molecule has 0 spiro atoms. The highest BCUT2D eigenvalue weighted by molar-refractivity contribution is 7.89. The van der Waals surface area contributed by atoms with Crippen LogP contribution in [0.1, 0.15) is 26.7 Å². The van der Waals surface area contributed by atoms with E-state index in [1.54, 1.807) is 31.1 Å². The standard InChI is InChI=1S/C19H32N4O3S/c1-15(2)23(5)27(25,26)18-10-8-17(9-11-18)20-19(24)22(4)14-16-7-6-12-21(3)13-16/h8-11,15-16H,6-7,12-14H2,1-5H3,(H,20,24). The number of hydrogen-bond donors (Lipinski definition) is 1. The number of piperidine rings is 1. The maximum absolute atomic E-state index is 12.5. The Balaban J connectivity index is 1.96. The first-order chi connectivity index (χ1) is 12.6. The van der Waals surface area contributed by atoms with Gasteiger partial charge in [-0.25, -0.2) is 13.2 Å². The van der Waals surface area contributed by atoms with Gasteiger partial charge in [-0.3, -0.25) is 0 Å². The fourth-order valence-corrected chi connectivity index (χ4v) is 4.63. The maximum Gasteiger partial charge on any atom is 0.321 e. The molecule has 7 nitrogen and oxygen atoms in total. The van der Waals surface area contributed by atoms with E-state index >= 15 is 0 Å². The van der Waals surface area contributed by atoms with E-state index in [-0.39, 0.29) is 17.0 Å². The summed E-state index contributed by atoms with van der Waals surface area (Å²) < 4.78 is 26.3. The number of anilines is 1. The Bertz CT molecular complexity index is 734. The van der Waals surface area contributed by atoms with Crippen molar-refractivity contribution in [1.29, 1.82) is 0 Å². The highest BCUT2D eigenvalue weighted by atomic mass is 32.2. The van der Waals surface area contributed by atoms with Crippen LogP contribution < -0.4 is 5.32 Å². The molecule has 1 fully saturated rings. The van der Waals surface area contributed by atoms with Gasteiger partial charge in [0.2, 0.25) is 10.0 Å². The van der Waals surface area contributed by atoms with Gasteiger partial charge in [-0.2, -0.15) is 4.31 Å². The molecule has 1 aromatic carbocycles. The van der Waals surface area contributed by atoms with E-state index in [2.05, 4.69) is 17.3 Å². The van der Waals surface area contributed by atoms with Crippen LogP contribution in [0.4, 0.5) is 10.5 Å². The second kappa shape index (κ2) is 9.03. The van der Waals surface area contributed by atoms with E-state index in [4.69, 9.17) is 0 Å². The first-order valence-electron chi connectivity index (χ1n) is 9.40. The summed E-state index contributed by atoms with van der Waals surface area (Å²) in [6.07, 6.45) is 2.30. The van der Waals surface area contributed by atoms with Crippen LogP contribution in [0.2, 0.25) is 0 Å². The number of carbonyl (C=O) groups is 1. The van der Waals surface area contributed by atoms with Crippen LogP contribution in [0.5, 0.6) is 0 Å². The van der Waals surface area contributed by atoms with Crippen molar-refractivity contribution in [2.75, 3.05) is 46.1 Å². The summed E-state index contributed by atoms with van der Waals surface area (Å²) in [4.78, 5) is 16.6. The van der Waals surface area contributed by atoms with Gasteiger partial charge in [0.05, 0.1) is 4.90 Å². The molecular weight excluding hydrogens is 364 g/mol. The zero-order valence-corrected chi connectivity index (χ0v) is 17.8. The number of nitrogens with one attached hydrogen (secondary N) is 1. The zero-order chi connectivity index (χ0) is 20.2. The van der Waals surface area contributed by atoms with Crippen LogP contribution >= 0.6 is 0 Å². The highest BCUT2D eigenvalue weighted by Gasteiger charge is 2.23. The first kappa shape index (κ1) is 21.7. The minimum atomic E-state index is -3.52. The number of likely N-dealkylation sites (tertiary alicyclic amines) is 1. The first-order valence-corrected chi connectivity index (χ1v) is 10.8. The molecule has 2 amide bonds. The number of rotatable bonds is 6. The lowest BCUT2D eigenvalue weighted by atomic mass is 9.98. The Kier molecular flexibility index (Phi) is 7.25. The molecule has 1 atom stereocenters. The number of urea groups is 1. The number of carbonyl (C=O) groups excluding carboxylic acids is 1. The number of hydrogen-bond acceptors (Lipinski definition) is 4. The van der Waals surface area contributed by atoms with Gasteiger partial charge in [-0.1, -0.05) is 0 Å². The lowest BCUT2D eigenvalue weighted by Crippen LogP contribution is -2.41. The fourth-order valence-electron chi connectivity index (χ4n) is 3.27. The predicted molar refractivity (Wildman–Crippen MR) is 108 cm³/mol. The van der Waals surface area contributed by atoms with Crippen molar-refractivity contribution < 1.29 is 13.2 Å². The number of sulfonamides is 1. The van der Waals surface area contributed by atoms with Crippen LogP contribution in [0, 0.1) is 5.92 Å². The average molecular weight is 397 g/mol. The molecule has 0 bridgehead atoms. The Labute approximate surface area is 163 Å². The molecule has 1 aliphatic heterocycles. The van der Waals surface area contributed by atoms with Gasteiger partial charge < -0.3 is 15.1 Å². The third kappa shape index (κ3) is 5.67. The largest absolute Gasteiger partial charge is 0.327 e. The van der Waals surface area contributed by atoms with E-state index in [0.29, 0.717) is 18.2 Å². The van der Waals surface area contributed by atoms with E-state index in [9.17, 15) is 13.2 Å². The molecule has 1 N–H and O–H groups in total. The van der Waals surface area contributed by atoms with Gasteiger partial charge in [0, 0.05) is 38.9 Å². The summed E-state index contributed by atoms with van der Waals surface area (Å²) in [5.41, 5.74) is 0.582. The lowest BCUT2D eigenvalue weighted by Gasteiger charge is -2.32. The minimum absolute atomic E-state index is 0.123. The molecule has 1 heterocycles.